The first-order valence-corrected chi connectivity index (χ1v) is 13.9. The molecule has 0 spiro atoms. The van der Waals surface area contributed by atoms with Crippen molar-refractivity contribution in [1.29, 1.82) is 0 Å². The highest BCUT2D eigenvalue weighted by Gasteiger charge is 2.32. The van der Waals surface area contributed by atoms with Gasteiger partial charge in [0.1, 0.15) is 16.6 Å². The second kappa shape index (κ2) is 11.0. The summed E-state index contributed by atoms with van der Waals surface area (Å²) >= 11 is 8.91. The van der Waals surface area contributed by atoms with Gasteiger partial charge in [0.2, 0.25) is 0 Å². The van der Waals surface area contributed by atoms with Crippen LogP contribution in [0.25, 0.3) is 10.9 Å². The van der Waals surface area contributed by atoms with E-state index in [1.807, 2.05) is 6.07 Å². The highest BCUT2D eigenvalue weighted by Crippen LogP contribution is 2.37. The molecule has 0 bridgehead atoms. The number of hydrogen-bond donors (Lipinski definition) is 1. The van der Waals surface area contributed by atoms with Crippen LogP contribution in [0.5, 0.6) is 5.75 Å². The number of aryl methyl sites for hydroxylation is 1. The third kappa shape index (κ3) is 5.35. The average molecular weight is 548 g/mol. The standard InChI is InChI=1S/C24H26ClN5O4S2/c1-13-27-16-3-4-18(33-2)21(25)20(16)23(28-13)35-12-17(31)19-10-26-24(36-19)22(32)29-14-5-6-30-7-8-34-11-15(30)9-14/h3-4,10,14-15H,5-9,11-12H2,1-2H3,(H,29,32)/t14-,15+/m0/s1. The first kappa shape index (κ1) is 25.3. The van der Waals surface area contributed by atoms with E-state index in [4.69, 9.17) is 21.1 Å². The number of thioether (sulfide) groups is 1. The van der Waals surface area contributed by atoms with Crippen molar-refractivity contribution in [3.63, 3.8) is 0 Å². The molecule has 4 heterocycles. The molecule has 3 aromatic rings. The number of amides is 1. The maximum Gasteiger partial charge on any atom is 0.280 e. The fourth-order valence-electron chi connectivity index (χ4n) is 4.57. The lowest BCUT2D eigenvalue weighted by molar-refractivity contribution is -0.0292. The number of halogens is 1. The topological polar surface area (TPSA) is 107 Å². The highest BCUT2D eigenvalue weighted by atomic mass is 35.5. The van der Waals surface area contributed by atoms with Crippen molar-refractivity contribution in [3.05, 3.63) is 39.1 Å². The fraction of sp³-hybridized carbons (Fsp3) is 0.458. The van der Waals surface area contributed by atoms with Crippen molar-refractivity contribution >= 4 is 57.3 Å². The summed E-state index contributed by atoms with van der Waals surface area (Å²) in [6.45, 7) is 5.17. The van der Waals surface area contributed by atoms with Crippen LogP contribution in [0.1, 0.15) is 38.1 Å². The van der Waals surface area contributed by atoms with Gasteiger partial charge in [-0.05, 0) is 31.9 Å². The summed E-state index contributed by atoms with van der Waals surface area (Å²) in [7, 11) is 1.54. The van der Waals surface area contributed by atoms with Crippen LogP contribution in [-0.4, -0.2) is 82.8 Å². The summed E-state index contributed by atoms with van der Waals surface area (Å²) in [5.74, 6) is 0.860. The minimum atomic E-state index is -0.238. The predicted octanol–water partition coefficient (Wildman–Crippen LogP) is 3.62. The molecular formula is C24H26ClN5O4S2. The number of nitrogens with one attached hydrogen (secondary N) is 1. The Labute approximate surface area is 221 Å². The Morgan fingerprint density at radius 1 is 1.33 bits per heavy atom. The van der Waals surface area contributed by atoms with Gasteiger partial charge in [-0.1, -0.05) is 23.4 Å². The van der Waals surface area contributed by atoms with E-state index < -0.39 is 0 Å². The molecule has 1 N–H and O–H groups in total. The molecule has 1 aromatic carbocycles. The summed E-state index contributed by atoms with van der Waals surface area (Å²) in [5.41, 5.74) is 0.686. The minimum Gasteiger partial charge on any atom is -0.495 e. The molecule has 2 aromatic heterocycles. The Bertz CT molecular complexity index is 1300. The van der Waals surface area contributed by atoms with Gasteiger partial charge >= 0.3 is 0 Å². The van der Waals surface area contributed by atoms with E-state index in [2.05, 4.69) is 25.2 Å². The summed E-state index contributed by atoms with van der Waals surface area (Å²) in [5, 5.41) is 5.05. The number of Topliss-reactive ketones (excluding diaryl/α,β-unsaturated/α-hetero) is 1. The number of ketones is 1. The third-order valence-corrected chi connectivity index (χ3v) is 8.77. The van der Waals surface area contributed by atoms with Crippen LogP contribution < -0.4 is 10.1 Å². The number of benzene rings is 1. The maximum atomic E-state index is 12.9. The zero-order valence-electron chi connectivity index (χ0n) is 20.0. The minimum absolute atomic E-state index is 0.0788. The molecule has 2 atom stereocenters. The highest BCUT2D eigenvalue weighted by molar-refractivity contribution is 8.00. The SMILES string of the molecule is COc1ccc2nc(C)nc(SCC(=O)c3cnc(C(=O)N[C@H]4CCN5CCOC[C@H]5C4)s3)c2c1Cl. The van der Waals surface area contributed by atoms with Crippen LogP contribution in [0.3, 0.4) is 0 Å². The number of methoxy groups -OCH3 is 1. The average Bonchev–Trinajstić information content (AvgIpc) is 3.38. The Morgan fingerprint density at radius 2 is 2.19 bits per heavy atom. The van der Waals surface area contributed by atoms with Crippen molar-refractivity contribution in [2.45, 2.75) is 36.9 Å². The molecular weight excluding hydrogens is 522 g/mol. The number of rotatable bonds is 7. The number of nitrogens with zero attached hydrogens (tertiary/aromatic N) is 4. The van der Waals surface area contributed by atoms with E-state index in [9.17, 15) is 9.59 Å². The van der Waals surface area contributed by atoms with E-state index in [1.165, 1.54) is 18.0 Å². The molecule has 5 rings (SSSR count). The summed E-state index contributed by atoms with van der Waals surface area (Å²) in [6, 6.07) is 4.00. The molecule has 0 aliphatic carbocycles. The monoisotopic (exact) mass is 547 g/mol. The molecule has 1 amide bonds. The van der Waals surface area contributed by atoms with Crippen molar-refractivity contribution in [2.75, 3.05) is 39.2 Å². The number of carbonyl (C=O) groups is 2. The van der Waals surface area contributed by atoms with Crippen molar-refractivity contribution < 1.29 is 19.1 Å². The van der Waals surface area contributed by atoms with Crippen molar-refractivity contribution in [1.82, 2.24) is 25.2 Å². The number of fused-ring (bicyclic) bond motifs is 2. The molecule has 2 saturated heterocycles. The van der Waals surface area contributed by atoms with Crippen molar-refractivity contribution in [3.8, 4) is 5.75 Å². The molecule has 36 heavy (non-hydrogen) atoms. The Balaban J connectivity index is 1.23. The lowest BCUT2D eigenvalue weighted by atomic mass is 9.97. The molecule has 2 aliphatic rings. The normalized spacial score (nSPS) is 20.2. The number of hydrogen-bond acceptors (Lipinski definition) is 10. The second-order valence-electron chi connectivity index (χ2n) is 8.75. The maximum absolute atomic E-state index is 12.9. The van der Waals surface area contributed by atoms with Crippen LogP contribution in [0.2, 0.25) is 5.02 Å². The first-order valence-electron chi connectivity index (χ1n) is 11.7. The fourth-order valence-corrected chi connectivity index (χ4v) is 6.77. The van der Waals surface area contributed by atoms with Gasteiger partial charge in [-0.15, -0.1) is 11.3 Å². The second-order valence-corrected chi connectivity index (χ2v) is 11.1. The van der Waals surface area contributed by atoms with Gasteiger partial charge in [0.15, 0.2) is 10.8 Å². The zero-order chi connectivity index (χ0) is 25.2. The lowest BCUT2D eigenvalue weighted by Gasteiger charge is -2.42. The number of ether oxygens (including phenoxy) is 2. The summed E-state index contributed by atoms with van der Waals surface area (Å²) in [6.07, 6.45) is 3.23. The third-order valence-electron chi connectivity index (χ3n) is 6.38. The smallest absolute Gasteiger partial charge is 0.280 e. The molecule has 9 nitrogen and oxygen atoms in total. The van der Waals surface area contributed by atoms with E-state index in [-0.39, 0.29) is 23.5 Å². The van der Waals surface area contributed by atoms with Crippen LogP contribution in [0, 0.1) is 6.92 Å². The van der Waals surface area contributed by atoms with E-state index in [0.29, 0.717) is 55.1 Å². The largest absolute Gasteiger partial charge is 0.495 e. The number of aromatic nitrogens is 3. The van der Waals surface area contributed by atoms with E-state index >= 15 is 0 Å². The van der Waals surface area contributed by atoms with Crippen molar-refractivity contribution in [2.24, 2.45) is 0 Å². The lowest BCUT2D eigenvalue weighted by Crippen LogP contribution is -2.54. The zero-order valence-corrected chi connectivity index (χ0v) is 22.3. The van der Waals surface area contributed by atoms with Gasteiger partial charge in [-0.3, -0.25) is 14.5 Å². The van der Waals surface area contributed by atoms with Gasteiger partial charge in [-0.25, -0.2) is 15.0 Å². The quantitative estimate of drug-likeness (QED) is 0.269. The number of morpholine rings is 1. The van der Waals surface area contributed by atoms with Gasteiger partial charge in [0, 0.05) is 31.4 Å². The molecule has 0 radical (unpaired) electrons. The molecule has 2 aliphatic heterocycles. The summed E-state index contributed by atoms with van der Waals surface area (Å²) in [4.78, 5) is 41.7. The van der Waals surface area contributed by atoms with Crippen LogP contribution in [-0.2, 0) is 4.74 Å². The van der Waals surface area contributed by atoms with E-state index in [0.717, 1.165) is 43.9 Å². The number of carbonyl (C=O) groups excluding carboxylic acids is 2. The Kier molecular flexibility index (Phi) is 7.73. The number of thiazole rings is 1. The van der Waals surface area contributed by atoms with E-state index in [1.54, 1.807) is 20.1 Å². The van der Waals surface area contributed by atoms with Gasteiger partial charge < -0.3 is 14.8 Å². The Hall–Kier alpha value is -2.31. The summed E-state index contributed by atoms with van der Waals surface area (Å²) < 4.78 is 10.9. The molecule has 12 heteroatoms. The van der Waals surface area contributed by atoms with Crippen LogP contribution in [0.15, 0.2) is 23.4 Å². The molecule has 2 fully saturated rings. The molecule has 0 saturated carbocycles. The predicted molar refractivity (Wildman–Crippen MR) is 140 cm³/mol. The molecule has 190 valence electrons. The number of piperidine rings is 1. The first-order chi connectivity index (χ1) is 17.4. The van der Waals surface area contributed by atoms with Gasteiger partial charge in [-0.2, -0.15) is 0 Å². The Morgan fingerprint density at radius 3 is 3.03 bits per heavy atom. The van der Waals surface area contributed by atoms with Gasteiger partial charge in [0.05, 0.1) is 46.9 Å². The van der Waals surface area contributed by atoms with Crippen LogP contribution in [0.4, 0.5) is 0 Å². The molecule has 0 unspecified atom stereocenters. The van der Waals surface area contributed by atoms with Crippen LogP contribution >= 0.6 is 34.7 Å². The van der Waals surface area contributed by atoms with Gasteiger partial charge in [0.25, 0.3) is 5.91 Å².